The second-order valence-corrected chi connectivity index (χ2v) is 4.59. The van der Waals surface area contributed by atoms with Gasteiger partial charge in [-0.2, -0.15) is 0 Å². The van der Waals surface area contributed by atoms with Crippen LogP contribution in [0.3, 0.4) is 0 Å². The second kappa shape index (κ2) is 6.91. The SMILES string of the molecule is CCCNCc1cccc(SCC)c1. The molecule has 0 aromatic heterocycles. The predicted molar refractivity (Wildman–Crippen MR) is 64.8 cm³/mol. The van der Waals surface area contributed by atoms with Crippen LogP contribution in [0.4, 0.5) is 0 Å². The lowest BCUT2D eigenvalue weighted by molar-refractivity contribution is 0.674. The maximum absolute atomic E-state index is 3.41. The Morgan fingerprint density at radius 1 is 1.29 bits per heavy atom. The number of hydrogen-bond acceptors (Lipinski definition) is 2. The molecule has 0 aliphatic heterocycles. The Morgan fingerprint density at radius 3 is 2.86 bits per heavy atom. The third-order valence-electron chi connectivity index (χ3n) is 1.97. The first-order valence-corrected chi connectivity index (χ1v) is 6.27. The van der Waals surface area contributed by atoms with Crippen LogP contribution < -0.4 is 5.32 Å². The highest BCUT2D eigenvalue weighted by atomic mass is 32.2. The van der Waals surface area contributed by atoms with Crippen molar-refractivity contribution >= 4 is 11.8 Å². The van der Waals surface area contributed by atoms with Gasteiger partial charge in [0.25, 0.3) is 0 Å². The fourth-order valence-electron chi connectivity index (χ4n) is 1.32. The van der Waals surface area contributed by atoms with Gasteiger partial charge < -0.3 is 5.32 Å². The fraction of sp³-hybridized carbons (Fsp3) is 0.500. The fourth-order valence-corrected chi connectivity index (χ4v) is 2.06. The van der Waals surface area contributed by atoms with E-state index < -0.39 is 0 Å². The number of thioether (sulfide) groups is 1. The quantitative estimate of drug-likeness (QED) is 0.570. The first kappa shape index (κ1) is 11.6. The van der Waals surface area contributed by atoms with Crippen molar-refractivity contribution in [3.63, 3.8) is 0 Å². The number of hydrogen-bond donors (Lipinski definition) is 1. The first-order chi connectivity index (χ1) is 6.86. The van der Waals surface area contributed by atoms with E-state index in [4.69, 9.17) is 0 Å². The number of benzene rings is 1. The Morgan fingerprint density at radius 2 is 2.14 bits per heavy atom. The van der Waals surface area contributed by atoms with E-state index in [2.05, 4.69) is 43.4 Å². The van der Waals surface area contributed by atoms with Crippen molar-refractivity contribution in [3.8, 4) is 0 Å². The summed E-state index contributed by atoms with van der Waals surface area (Å²) in [6.07, 6.45) is 1.20. The molecule has 0 amide bonds. The molecule has 0 aliphatic carbocycles. The standard InChI is InChI=1S/C12H19NS/c1-3-8-13-10-11-6-5-7-12(9-11)14-4-2/h5-7,9,13H,3-4,8,10H2,1-2H3. The molecule has 0 heterocycles. The van der Waals surface area contributed by atoms with Gasteiger partial charge in [0.2, 0.25) is 0 Å². The molecule has 1 aromatic rings. The summed E-state index contributed by atoms with van der Waals surface area (Å²) in [6.45, 7) is 6.47. The zero-order chi connectivity index (χ0) is 10.2. The van der Waals surface area contributed by atoms with Crippen LogP contribution in [0.5, 0.6) is 0 Å². The molecule has 0 atom stereocenters. The highest BCUT2D eigenvalue weighted by Gasteiger charge is 1.95. The van der Waals surface area contributed by atoms with Gasteiger partial charge in [0.15, 0.2) is 0 Å². The largest absolute Gasteiger partial charge is 0.313 e. The molecule has 1 aromatic carbocycles. The van der Waals surface area contributed by atoms with Gasteiger partial charge in [0.05, 0.1) is 0 Å². The molecular weight excluding hydrogens is 190 g/mol. The zero-order valence-electron chi connectivity index (χ0n) is 9.05. The van der Waals surface area contributed by atoms with Crippen molar-refractivity contribution in [3.05, 3.63) is 29.8 Å². The topological polar surface area (TPSA) is 12.0 Å². The summed E-state index contributed by atoms with van der Waals surface area (Å²) < 4.78 is 0. The molecule has 1 rings (SSSR count). The van der Waals surface area contributed by atoms with E-state index in [9.17, 15) is 0 Å². The molecule has 2 heteroatoms. The summed E-state index contributed by atoms with van der Waals surface area (Å²) >= 11 is 1.90. The summed E-state index contributed by atoms with van der Waals surface area (Å²) in [7, 11) is 0. The summed E-state index contributed by atoms with van der Waals surface area (Å²) in [5.41, 5.74) is 1.39. The van der Waals surface area contributed by atoms with Crippen LogP contribution >= 0.6 is 11.8 Å². The molecule has 1 N–H and O–H groups in total. The lowest BCUT2D eigenvalue weighted by Crippen LogP contribution is -2.13. The average molecular weight is 209 g/mol. The summed E-state index contributed by atoms with van der Waals surface area (Å²) in [5, 5.41) is 3.41. The molecule has 0 aliphatic rings. The lowest BCUT2D eigenvalue weighted by atomic mass is 10.2. The Hall–Kier alpha value is -0.470. The van der Waals surface area contributed by atoms with Crippen LogP contribution in [0.1, 0.15) is 25.8 Å². The Kier molecular flexibility index (Phi) is 5.72. The molecule has 0 bridgehead atoms. The summed E-state index contributed by atoms with van der Waals surface area (Å²) in [4.78, 5) is 1.38. The maximum atomic E-state index is 3.41. The third kappa shape index (κ3) is 4.16. The molecule has 0 saturated carbocycles. The molecule has 0 fully saturated rings. The van der Waals surface area contributed by atoms with E-state index >= 15 is 0 Å². The smallest absolute Gasteiger partial charge is 0.0205 e. The zero-order valence-corrected chi connectivity index (χ0v) is 9.86. The molecule has 0 unspecified atom stereocenters. The van der Waals surface area contributed by atoms with Gasteiger partial charge >= 0.3 is 0 Å². The number of nitrogens with one attached hydrogen (secondary N) is 1. The molecule has 0 radical (unpaired) electrons. The molecule has 1 nitrogen and oxygen atoms in total. The van der Waals surface area contributed by atoms with E-state index in [1.807, 2.05) is 11.8 Å². The van der Waals surface area contributed by atoms with Gasteiger partial charge in [0.1, 0.15) is 0 Å². The average Bonchev–Trinajstić information content (AvgIpc) is 2.19. The van der Waals surface area contributed by atoms with Crippen LogP contribution in [0, 0.1) is 0 Å². The minimum atomic E-state index is 0.992. The minimum absolute atomic E-state index is 0.992. The molecule has 78 valence electrons. The van der Waals surface area contributed by atoms with Crippen LogP contribution in [-0.2, 0) is 6.54 Å². The van der Waals surface area contributed by atoms with Crippen molar-refractivity contribution in [2.45, 2.75) is 31.7 Å². The third-order valence-corrected chi connectivity index (χ3v) is 2.84. The van der Waals surface area contributed by atoms with E-state index in [-0.39, 0.29) is 0 Å². The summed E-state index contributed by atoms with van der Waals surface area (Å²) in [5.74, 6) is 1.14. The van der Waals surface area contributed by atoms with Gasteiger partial charge in [-0.05, 0) is 36.4 Å². The Bertz CT molecular complexity index is 260. The van der Waals surface area contributed by atoms with E-state index in [0.717, 1.165) is 18.8 Å². The molecule has 0 saturated heterocycles. The van der Waals surface area contributed by atoms with Crippen molar-refractivity contribution in [1.82, 2.24) is 5.32 Å². The van der Waals surface area contributed by atoms with Crippen LogP contribution in [0.25, 0.3) is 0 Å². The maximum Gasteiger partial charge on any atom is 0.0205 e. The minimum Gasteiger partial charge on any atom is -0.313 e. The van der Waals surface area contributed by atoms with Gasteiger partial charge in [0, 0.05) is 11.4 Å². The highest BCUT2D eigenvalue weighted by Crippen LogP contribution is 2.18. The van der Waals surface area contributed by atoms with Gasteiger partial charge in [-0.25, -0.2) is 0 Å². The monoisotopic (exact) mass is 209 g/mol. The second-order valence-electron chi connectivity index (χ2n) is 3.26. The lowest BCUT2D eigenvalue weighted by Gasteiger charge is -2.05. The van der Waals surface area contributed by atoms with E-state index in [0.29, 0.717) is 0 Å². The number of rotatable bonds is 6. The summed E-state index contributed by atoms with van der Waals surface area (Å²) in [6, 6.07) is 8.78. The predicted octanol–water partition coefficient (Wildman–Crippen LogP) is 3.30. The molecular formula is C12H19NS. The molecule has 0 spiro atoms. The van der Waals surface area contributed by atoms with Crippen molar-refractivity contribution in [2.24, 2.45) is 0 Å². The Balaban J connectivity index is 2.46. The van der Waals surface area contributed by atoms with E-state index in [1.165, 1.54) is 16.9 Å². The van der Waals surface area contributed by atoms with Crippen molar-refractivity contribution in [1.29, 1.82) is 0 Å². The normalized spacial score (nSPS) is 10.4. The first-order valence-electron chi connectivity index (χ1n) is 5.29. The Labute approximate surface area is 91.3 Å². The van der Waals surface area contributed by atoms with E-state index in [1.54, 1.807) is 0 Å². The van der Waals surface area contributed by atoms with Crippen molar-refractivity contribution < 1.29 is 0 Å². The van der Waals surface area contributed by atoms with Gasteiger partial charge in [-0.1, -0.05) is 26.0 Å². The van der Waals surface area contributed by atoms with Crippen LogP contribution in [0.15, 0.2) is 29.2 Å². The highest BCUT2D eigenvalue weighted by molar-refractivity contribution is 7.99. The van der Waals surface area contributed by atoms with Gasteiger partial charge in [-0.15, -0.1) is 11.8 Å². The van der Waals surface area contributed by atoms with Crippen LogP contribution in [-0.4, -0.2) is 12.3 Å². The molecule has 14 heavy (non-hydrogen) atoms. The van der Waals surface area contributed by atoms with Crippen molar-refractivity contribution in [2.75, 3.05) is 12.3 Å². The van der Waals surface area contributed by atoms with Crippen LogP contribution in [0.2, 0.25) is 0 Å². The van der Waals surface area contributed by atoms with Gasteiger partial charge in [-0.3, -0.25) is 0 Å².